The second-order valence-electron chi connectivity index (χ2n) is 6.44. The Labute approximate surface area is 176 Å². The van der Waals surface area contributed by atoms with Gasteiger partial charge in [0, 0.05) is 22.0 Å². The Morgan fingerprint density at radius 3 is 2.39 bits per heavy atom. The molecule has 1 amide bonds. The molecule has 4 aromatic rings. The number of benzene rings is 2. The minimum atomic E-state index is -0.121. The minimum absolute atomic E-state index is 0.121. The van der Waals surface area contributed by atoms with Gasteiger partial charge in [-0.1, -0.05) is 59.6 Å². The lowest BCUT2D eigenvalue weighted by Crippen LogP contribution is -2.21. The van der Waals surface area contributed by atoms with Crippen LogP contribution in [0.3, 0.4) is 0 Å². The van der Waals surface area contributed by atoms with Crippen LogP contribution in [0.2, 0.25) is 10.0 Å². The molecule has 2 aromatic heterocycles. The van der Waals surface area contributed by atoms with Gasteiger partial charge in [-0.15, -0.1) is 11.3 Å². The van der Waals surface area contributed by atoms with Crippen molar-refractivity contribution in [2.24, 2.45) is 0 Å². The summed E-state index contributed by atoms with van der Waals surface area (Å²) in [5.74, 6) is -0.121. The molecule has 2 aromatic carbocycles. The summed E-state index contributed by atoms with van der Waals surface area (Å²) in [6.45, 7) is 2.90. The quantitative estimate of drug-likeness (QED) is 0.442. The number of nitrogens with zero attached hydrogens (tertiary/aromatic N) is 2. The van der Waals surface area contributed by atoms with Crippen molar-refractivity contribution in [3.05, 3.63) is 86.3 Å². The number of hydrogen-bond acceptors (Lipinski definition) is 3. The SMILES string of the molecule is Cc1nn(Cc2ccccc2Cl)c2sc(C(=O)NCc3ccccc3Cl)cc12. The van der Waals surface area contributed by atoms with Crippen LogP contribution < -0.4 is 5.32 Å². The van der Waals surface area contributed by atoms with Crippen LogP contribution in [0.25, 0.3) is 10.2 Å². The lowest BCUT2D eigenvalue weighted by molar-refractivity contribution is 0.0955. The van der Waals surface area contributed by atoms with Crippen LogP contribution in [0.1, 0.15) is 26.5 Å². The molecule has 142 valence electrons. The molecule has 1 N–H and O–H groups in total. The molecular weight excluding hydrogens is 413 g/mol. The van der Waals surface area contributed by atoms with Crippen LogP contribution >= 0.6 is 34.5 Å². The van der Waals surface area contributed by atoms with Crippen LogP contribution in [0.4, 0.5) is 0 Å². The predicted octanol–water partition coefficient (Wildman–Crippen LogP) is 5.69. The number of hydrogen-bond donors (Lipinski definition) is 1. The number of thiophene rings is 1. The third kappa shape index (κ3) is 3.78. The Morgan fingerprint density at radius 1 is 1.07 bits per heavy atom. The van der Waals surface area contributed by atoms with Crippen molar-refractivity contribution >= 4 is 50.7 Å². The zero-order valence-electron chi connectivity index (χ0n) is 15.1. The Morgan fingerprint density at radius 2 is 1.71 bits per heavy atom. The molecule has 0 saturated heterocycles. The van der Waals surface area contributed by atoms with Gasteiger partial charge in [0.05, 0.1) is 17.1 Å². The summed E-state index contributed by atoms with van der Waals surface area (Å²) in [5.41, 5.74) is 2.77. The second kappa shape index (κ2) is 7.95. The fourth-order valence-corrected chi connectivity index (χ4v) is 4.50. The Kier molecular flexibility index (Phi) is 5.40. The molecule has 7 heteroatoms. The number of carbonyl (C=O) groups excluding carboxylic acids is 1. The molecule has 0 bridgehead atoms. The van der Waals surface area contributed by atoms with Crippen molar-refractivity contribution in [2.45, 2.75) is 20.0 Å². The van der Waals surface area contributed by atoms with Crippen LogP contribution in [-0.2, 0) is 13.1 Å². The van der Waals surface area contributed by atoms with E-state index in [1.165, 1.54) is 11.3 Å². The normalized spacial score (nSPS) is 11.1. The molecule has 4 rings (SSSR count). The number of nitrogens with one attached hydrogen (secondary N) is 1. The molecule has 0 fully saturated rings. The lowest BCUT2D eigenvalue weighted by Gasteiger charge is -2.06. The first-order valence-corrected chi connectivity index (χ1v) is 10.3. The number of carbonyl (C=O) groups is 1. The number of fused-ring (bicyclic) bond motifs is 1. The standard InChI is InChI=1S/C21H17Cl2N3OS/c1-13-16-10-19(20(27)24-11-14-6-2-4-8-17(14)22)28-21(16)26(25-13)12-15-7-3-5-9-18(15)23/h2-10H,11-12H2,1H3,(H,24,27). The van der Waals surface area contributed by atoms with E-state index in [2.05, 4.69) is 10.4 Å². The van der Waals surface area contributed by atoms with Gasteiger partial charge in [-0.25, -0.2) is 0 Å². The summed E-state index contributed by atoms with van der Waals surface area (Å²) in [6, 6.07) is 17.1. The summed E-state index contributed by atoms with van der Waals surface area (Å²) in [7, 11) is 0. The van der Waals surface area contributed by atoms with Crippen molar-refractivity contribution in [3.8, 4) is 0 Å². The van der Waals surface area contributed by atoms with E-state index in [1.54, 1.807) is 0 Å². The molecule has 0 spiro atoms. The molecule has 4 nitrogen and oxygen atoms in total. The molecule has 0 aliphatic heterocycles. The summed E-state index contributed by atoms with van der Waals surface area (Å²) in [4.78, 5) is 14.2. The van der Waals surface area contributed by atoms with Gasteiger partial charge in [-0.3, -0.25) is 9.48 Å². The lowest BCUT2D eigenvalue weighted by atomic mass is 10.2. The van der Waals surface area contributed by atoms with E-state index >= 15 is 0 Å². The zero-order valence-corrected chi connectivity index (χ0v) is 17.4. The van der Waals surface area contributed by atoms with Gasteiger partial charge in [0.1, 0.15) is 4.83 Å². The van der Waals surface area contributed by atoms with Gasteiger partial charge in [0.25, 0.3) is 5.91 Å². The number of aryl methyl sites for hydroxylation is 1. The highest BCUT2D eigenvalue weighted by molar-refractivity contribution is 7.20. The maximum Gasteiger partial charge on any atom is 0.261 e. The average Bonchev–Trinajstić information content (AvgIpc) is 3.24. The zero-order chi connectivity index (χ0) is 19.7. The summed E-state index contributed by atoms with van der Waals surface area (Å²) in [5, 5.41) is 9.89. The van der Waals surface area contributed by atoms with E-state index < -0.39 is 0 Å². The fraction of sp³-hybridized carbons (Fsp3) is 0.143. The predicted molar refractivity (Wildman–Crippen MR) is 116 cm³/mol. The van der Waals surface area contributed by atoms with Gasteiger partial charge >= 0.3 is 0 Å². The first kappa shape index (κ1) is 19.0. The first-order valence-electron chi connectivity index (χ1n) is 8.75. The van der Waals surface area contributed by atoms with Gasteiger partial charge < -0.3 is 5.32 Å². The van der Waals surface area contributed by atoms with Gasteiger partial charge in [-0.2, -0.15) is 5.10 Å². The molecule has 0 aliphatic rings. The highest BCUT2D eigenvalue weighted by Gasteiger charge is 2.17. The highest BCUT2D eigenvalue weighted by atomic mass is 35.5. The van der Waals surface area contributed by atoms with Crippen molar-refractivity contribution in [3.63, 3.8) is 0 Å². The topological polar surface area (TPSA) is 46.9 Å². The number of rotatable bonds is 5. The fourth-order valence-electron chi connectivity index (χ4n) is 3.02. The Hall–Kier alpha value is -2.34. The van der Waals surface area contributed by atoms with Crippen LogP contribution in [0.15, 0.2) is 54.6 Å². The molecular formula is C21H17Cl2N3OS. The van der Waals surface area contributed by atoms with E-state index in [9.17, 15) is 4.79 Å². The van der Waals surface area contributed by atoms with E-state index in [4.69, 9.17) is 23.2 Å². The van der Waals surface area contributed by atoms with E-state index in [0.29, 0.717) is 28.0 Å². The largest absolute Gasteiger partial charge is 0.347 e. The van der Waals surface area contributed by atoms with Crippen molar-refractivity contribution in [1.29, 1.82) is 0 Å². The van der Waals surface area contributed by atoms with Crippen LogP contribution in [0, 0.1) is 6.92 Å². The first-order chi connectivity index (χ1) is 13.5. The van der Waals surface area contributed by atoms with Crippen molar-refractivity contribution in [1.82, 2.24) is 15.1 Å². The van der Waals surface area contributed by atoms with Gasteiger partial charge in [0.2, 0.25) is 0 Å². The smallest absolute Gasteiger partial charge is 0.261 e. The number of aromatic nitrogens is 2. The Bertz CT molecular complexity index is 1170. The third-order valence-electron chi connectivity index (χ3n) is 4.51. The van der Waals surface area contributed by atoms with Crippen molar-refractivity contribution in [2.75, 3.05) is 0 Å². The summed E-state index contributed by atoms with van der Waals surface area (Å²) < 4.78 is 1.90. The number of amides is 1. The van der Waals surface area contributed by atoms with E-state index in [-0.39, 0.29) is 5.91 Å². The van der Waals surface area contributed by atoms with Crippen LogP contribution in [-0.4, -0.2) is 15.7 Å². The molecule has 28 heavy (non-hydrogen) atoms. The summed E-state index contributed by atoms with van der Waals surface area (Å²) in [6.07, 6.45) is 0. The van der Waals surface area contributed by atoms with Gasteiger partial charge in [0.15, 0.2) is 0 Å². The monoisotopic (exact) mass is 429 g/mol. The maximum absolute atomic E-state index is 12.6. The second-order valence-corrected chi connectivity index (χ2v) is 8.28. The van der Waals surface area contributed by atoms with Crippen LogP contribution in [0.5, 0.6) is 0 Å². The molecule has 0 aliphatic carbocycles. The van der Waals surface area contributed by atoms with E-state index in [1.807, 2.05) is 66.2 Å². The third-order valence-corrected chi connectivity index (χ3v) is 6.39. The van der Waals surface area contributed by atoms with Crippen molar-refractivity contribution < 1.29 is 4.79 Å². The van der Waals surface area contributed by atoms with Gasteiger partial charge in [-0.05, 0) is 36.2 Å². The minimum Gasteiger partial charge on any atom is -0.347 e. The molecule has 2 heterocycles. The van der Waals surface area contributed by atoms with E-state index in [0.717, 1.165) is 27.0 Å². The average molecular weight is 430 g/mol. The highest BCUT2D eigenvalue weighted by Crippen LogP contribution is 2.29. The Balaban J connectivity index is 1.57. The number of halogens is 2. The molecule has 0 unspecified atom stereocenters. The maximum atomic E-state index is 12.6. The molecule has 0 radical (unpaired) electrons. The molecule has 0 atom stereocenters. The molecule has 0 saturated carbocycles. The summed E-state index contributed by atoms with van der Waals surface area (Å²) >= 11 is 13.9.